The van der Waals surface area contributed by atoms with Crippen molar-refractivity contribution < 1.29 is 126 Å². The molecule has 4 heterocycles. The molecule has 7 rings (SSSR count). The number of aromatic hydroxyl groups is 1. The fourth-order valence-corrected chi connectivity index (χ4v) is 16.0. The van der Waals surface area contributed by atoms with Gasteiger partial charge in [0, 0.05) is 85.7 Å². The lowest BCUT2D eigenvalue weighted by molar-refractivity contribution is -0.142. The molecule has 2 aromatic heterocycles. The number of imidazole rings is 1. The molecule has 0 unspecified atom stereocenters. The Bertz CT molecular complexity index is 5310. The Morgan fingerprint density at radius 1 is 0.458 bits per heavy atom. The molecule has 2 fully saturated rings. The van der Waals surface area contributed by atoms with E-state index in [-0.39, 0.29) is 107 Å². The quantitative estimate of drug-likeness (QED) is 0.0127. The number of fused-ring (bicyclic) bond motifs is 1. The van der Waals surface area contributed by atoms with Gasteiger partial charge in [0.2, 0.25) is 118 Å². The Morgan fingerprint density at radius 3 is 1.51 bits per heavy atom. The molecule has 3 aromatic carbocycles. The van der Waals surface area contributed by atoms with Crippen LogP contribution in [0, 0.1) is 5.92 Å². The van der Waals surface area contributed by atoms with E-state index in [0.717, 1.165) is 18.7 Å². The van der Waals surface area contributed by atoms with Gasteiger partial charge in [-0.15, -0.1) is 0 Å². The van der Waals surface area contributed by atoms with E-state index in [9.17, 15) is 121 Å². The highest BCUT2D eigenvalue weighted by molar-refractivity contribution is 7.80. The van der Waals surface area contributed by atoms with Gasteiger partial charge in [0.05, 0.1) is 51.3 Å². The Kier molecular flexibility index (Phi) is 47.1. The van der Waals surface area contributed by atoms with Crippen LogP contribution in [0.1, 0.15) is 115 Å². The summed E-state index contributed by atoms with van der Waals surface area (Å²) >= 11 is 8.63. The third-order valence-corrected chi connectivity index (χ3v) is 24.1. The van der Waals surface area contributed by atoms with E-state index < -0.39 is 284 Å². The fraction of sp³-hybridized carbons (Fsp3) is 0.516. The summed E-state index contributed by atoms with van der Waals surface area (Å²) in [5.41, 5.74) is 18.7. The smallest absolute Gasteiger partial charge is 0.322 e. The third kappa shape index (κ3) is 36.5. The van der Waals surface area contributed by atoms with E-state index in [2.05, 4.69) is 131 Å². The van der Waals surface area contributed by atoms with Gasteiger partial charge < -0.3 is 153 Å². The predicted molar refractivity (Wildman–Crippen MR) is 520 cm³/mol. The number of nitrogens with one attached hydrogen (secondary N) is 19. The molecule has 0 bridgehead atoms. The van der Waals surface area contributed by atoms with Gasteiger partial charge in [-0.25, -0.2) is 4.98 Å². The van der Waals surface area contributed by atoms with Gasteiger partial charge in [-0.05, 0) is 119 Å². The number of carbonyl (C=O) groups is 21. The lowest BCUT2D eigenvalue weighted by atomic mass is 9.99. The summed E-state index contributed by atoms with van der Waals surface area (Å²) in [6.07, 6.45) is 0.263. The highest BCUT2D eigenvalue weighted by Gasteiger charge is 2.44. The van der Waals surface area contributed by atoms with Gasteiger partial charge in [0.15, 0.2) is 0 Å². The van der Waals surface area contributed by atoms with Crippen LogP contribution >= 0.6 is 25.3 Å². The van der Waals surface area contributed by atoms with Crippen molar-refractivity contribution >= 4 is 160 Å². The minimum absolute atomic E-state index is 0.00274. The van der Waals surface area contributed by atoms with E-state index >= 15 is 0 Å². The van der Waals surface area contributed by atoms with Crippen LogP contribution in [-0.2, 0) is 126 Å². The highest BCUT2D eigenvalue weighted by Crippen LogP contribution is 2.25. The number of aliphatic hydroxyl groups excluding tert-OH is 3. The van der Waals surface area contributed by atoms with Crippen molar-refractivity contribution in [1.82, 2.24) is 115 Å². The number of phenols is 1. The monoisotopic (exact) mass is 2050 g/mol. The zero-order chi connectivity index (χ0) is 106. The lowest BCUT2D eigenvalue weighted by Gasteiger charge is -2.31. The Morgan fingerprint density at radius 2 is 0.938 bits per heavy atom. The SMILES string of the molecule is CC(C)[C@H](NC(=O)[C@H](Cc1c[nH]c2ccccc12)NC(=O)[C@@H](NC(=O)[C@H](C)NC(=O)[C@@H]1CCCN1C(=O)CNC(=O)[C@H](Cc1ccccc1)NC(=O)[C@H](Cc1cnc[nH]1)NC(=O)[C@H](CS)NC(=O)[C@H](CO)NC(=O)[C@H](Cc1ccc(O)cc1)NC(=O)[C@@H](NC(=O)CNC(=O)CN)[C@@H](C)O)[C@@H](C)O)C(=O)N[C@@H](CS)C(=O)N[C@@H](CCCCN)C(=O)N1CCC[C@H]1C(=O)N[C@@H](CCC(N)=O)C(=O)NCC(=O)NCC(=O)O. The van der Waals surface area contributed by atoms with E-state index in [1.807, 2.05) is 0 Å². The van der Waals surface area contributed by atoms with Crippen LogP contribution in [0.2, 0.25) is 0 Å². The highest BCUT2D eigenvalue weighted by atomic mass is 32.1. The molecule has 2 aliphatic rings. The number of likely N-dealkylation sites (tertiary alicyclic amines) is 2. The molecule has 144 heavy (non-hydrogen) atoms. The summed E-state index contributed by atoms with van der Waals surface area (Å²) in [5, 5.41) is 93.4. The molecule has 5 aromatic rings. The van der Waals surface area contributed by atoms with Gasteiger partial charge in [-0.1, -0.05) is 74.5 Å². The molecule has 0 spiro atoms. The molecule has 0 radical (unpaired) electrons. The molecule has 53 heteroatoms. The second-order valence-electron chi connectivity index (χ2n) is 34.8. The summed E-state index contributed by atoms with van der Waals surface area (Å²) in [4.78, 5) is 300. The number of hydrogen-bond acceptors (Lipinski definition) is 30. The largest absolute Gasteiger partial charge is 0.508 e. The van der Waals surface area contributed by atoms with Crippen molar-refractivity contribution in [2.75, 3.05) is 70.5 Å². The van der Waals surface area contributed by atoms with Crippen LogP contribution in [0.4, 0.5) is 0 Å². The first-order valence-electron chi connectivity index (χ1n) is 46.5. The molecule has 2 saturated heterocycles. The molecule has 20 amide bonds. The number of thiol groups is 2. The second-order valence-corrected chi connectivity index (χ2v) is 35.5. The van der Waals surface area contributed by atoms with Crippen molar-refractivity contribution in [2.24, 2.45) is 23.1 Å². The number of carboxylic acids is 1. The van der Waals surface area contributed by atoms with Crippen LogP contribution in [0.5, 0.6) is 5.75 Å². The zero-order valence-corrected chi connectivity index (χ0v) is 81.7. The number of aliphatic hydroxyl groups is 3. The molecule has 2 aliphatic heterocycles. The van der Waals surface area contributed by atoms with E-state index in [4.69, 9.17) is 22.3 Å². The Balaban J connectivity index is 0.989. The maximum Gasteiger partial charge on any atom is 0.322 e. The van der Waals surface area contributed by atoms with Crippen LogP contribution in [0.15, 0.2) is 97.6 Å². The molecule has 0 aliphatic carbocycles. The number of carboxylic acid groups (broad SMARTS) is 1. The molecule has 786 valence electrons. The first kappa shape index (κ1) is 117. The summed E-state index contributed by atoms with van der Waals surface area (Å²) in [6, 6.07) is -2.73. The number of phenolic OH excluding ortho intramolecular Hbond substituents is 1. The number of carbonyl (C=O) groups excluding carboxylic acids is 20. The minimum atomic E-state index is -1.87. The van der Waals surface area contributed by atoms with Crippen molar-refractivity contribution in [2.45, 2.75) is 221 Å². The van der Waals surface area contributed by atoms with Crippen LogP contribution in [0.3, 0.4) is 0 Å². The van der Waals surface area contributed by atoms with E-state index in [1.165, 1.54) is 48.6 Å². The Hall–Kier alpha value is -14.4. The molecular formula is C91H129N25O26S2. The van der Waals surface area contributed by atoms with Gasteiger partial charge in [0.25, 0.3) is 0 Å². The maximum atomic E-state index is 14.9. The summed E-state index contributed by atoms with van der Waals surface area (Å²) in [7, 11) is 0. The van der Waals surface area contributed by atoms with Crippen molar-refractivity contribution in [3.05, 3.63) is 120 Å². The number of primary amides is 1. The second kappa shape index (κ2) is 58.2. The maximum absolute atomic E-state index is 14.9. The number of nitrogens with two attached hydrogens (primary N) is 3. The molecule has 51 nitrogen and oxygen atoms in total. The lowest BCUT2D eigenvalue weighted by Crippen LogP contribution is -2.62. The standard InChI is InChI=1S/C91H129N25O26S2/c1-46(2)74(88(139)111-65(44-144)84(135)104-58(19-11-12-28-92)91(142)116-30-14-21-67(116)87(138)103-57(26-27-68(94)121)78(129)99-38-70(123)98-41-73(126)127)113-82(133)61(33-52-36-96-56-18-10-9-17-55(52)56)108-90(141)76(49(5)119)114-77(128)47(3)102-86(137)66-20-13-29-115(66)72(125)40-100-79(130)59(31-50-15-7-6-8-16-50)105-81(132)62(34-53-37-95-45-101-53)106-85(136)64(43-143)110-83(134)63(42-117)109-80(131)60(32-51-22-24-54(120)25-23-51)107-89(140)75(48(4)118)112-71(124)39-97-69(122)35-93/h6-10,15-18,22-25,36-37,45-49,57-67,74-76,96,117-120,143-144H,11-14,19-21,26-35,38-44,92-93H2,1-5H3,(H2,94,121)(H,95,101)(H,97,122)(H,98,123)(H,99,129)(H,100,130)(H,102,137)(H,103,138)(H,104,135)(H,105,132)(H,106,136)(H,107,140)(H,108,141)(H,109,131)(H,110,134)(H,111,139)(H,112,124)(H,113,133)(H,114,128)(H,126,127)/t47-,48+,49+,57-,58-,59-,60-,61-,62-,63-,64-,65-,66-,67-,74-,75-,76-/m0/s1. The van der Waals surface area contributed by atoms with Crippen molar-refractivity contribution in [1.29, 1.82) is 0 Å². The predicted octanol–water partition coefficient (Wildman–Crippen LogP) is -9.66. The summed E-state index contributed by atoms with van der Waals surface area (Å²) in [6.45, 7) is 2.39. The average molecular weight is 2050 g/mol. The van der Waals surface area contributed by atoms with Crippen molar-refractivity contribution in [3.8, 4) is 5.75 Å². The van der Waals surface area contributed by atoms with Crippen LogP contribution in [0.25, 0.3) is 10.9 Å². The first-order valence-corrected chi connectivity index (χ1v) is 47.8. The topological polar surface area (TPSA) is 793 Å². The normalized spacial score (nSPS) is 16.4. The minimum Gasteiger partial charge on any atom is -0.508 e. The van der Waals surface area contributed by atoms with Crippen molar-refractivity contribution in [3.63, 3.8) is 0 Å². The number of aliphatic carboxylic acids is 1. The number of unbranched alkanes of at least 4 members (excludes halogenated alkanes) is 1. The van der Waals surface area contributed by atoms with Gasteiger partial charge in [-0.2, -0.15) is 25.3 Å². The Labute approximate surface area is 837 Å². The van der Waals surface area contributed by atoms with Gasteiger partial charge >= 0.3 is 5.97 Å². The summed E-state index contributed by atoms with van der Waals surface area (Å²) in [5.74, 6) is -22.1. The number of hydrogen-bond donors (Lipinski definition) is 29. The number of nitrogens with zero attached hydrogens (tertiary/aromatic N) is 3. The number of para-hydroxylation sites is 1. The van der Waals surface area contributed by atoms with Crippen LogP contribution in [-0.4, -0.2) is 348 Å². The molecule has 30 N–H and O–H groups in total. The number of amides is 20. The first-order chi connectivity index (χ1) is 68.5. The van der Waals surface area contributed by atoms with Crippen LogP contribution < -0.4 is 108 Å². The number of H-pyrrole nitrogens is 2. The number of aromatic amines is 2. The molecular weight excluding hydrogens is 1920 g/mol. The molecule has 17 atom stereocenters. The number of rotatable bonds is 58. The summed E-state index contributed by atoms with van der Waals surface area (Å²) < 4.78 is 0. The van der Waals surface area contributed by atoms with E-state index in [1.54, 1.807) is 74.6 Å². The number of aromatic nitrogens is 3. The van der Waals surface area contributed by atoms with Gasteiger partial charge in [-0.3, -0.25) is 101 Å². The number of benzene rings is 3. The average Bonchev–Trinajstić information content (AvgIpc) is 1.66. The molecule has 0 saturated carbocycles. The third-order valence-electron chi connectivity index (χ3n) is 23.4. The van der Waals surface area contributed by atoms with Gasteiger partial charge in [0.1, 0.15) is 103 Å². The zero-order valence-electron chi connectivity index (χ0n) is 79.9. The fourth-order valence-electron chi connectivity index (χ4n) is 15.5. The van der Waals surface area contributed by atoms with E-state index in [0.29, 0.717) is 34.0 Å².